The molecular formula is C24H24F2N4O3. The molecule has 0 saturated heterocycles. The lowest BCUT2D eigenvalue weighted by Gasteiger charge is -2.45. The van der Waals surface area contributed by atoms with Crippen molar-refractivity contribution in [2.75, 3.05) is 5.32 Å². The van der Waals surface area contributed by atoms with E-state index < -0.39 is 41.9 Å². The van der Waals surface area contributed by atoms with Gasteiger partial charge in [0.2, 0.25) is 0 Å². The quantitative estimate of drug-likeness (QED) is 0.394. The molecule has 1 aliphatic carbocycles. The van der Waals surface area contributed by atoms with Gasteiger partial charge in [-0.1, -0.05) is 12.1 Å². The van der Waals surface area contributed by atoms with Crippen LogP contribution in [0.1, 0.15) is 56.1 Å². The number of ketones is 1. The lowest BCUT2D eigenvalue weighted by molar-refractivity contribution is -0.135. The summed E-state index contributed by atoms with van der Waals surface area (Å²) in [5.41, 5.74) is 1.11. The number of nitrogens with zero attached hydrogens (tertiary/aromatic N) is 2. The van der Waals surface area contributed by atoms with Crippen LogP contribution in [-0.2, 0) is 11.8 Å². The zero-order valence-corrected chi connectivity index (χ0v) is 18.8. The fourth-order valence-electron chi connectivity index (χ4n) is 4.20. The Balaban J connectivity index is 1.86. The van der Waals surface area contributed by atoms with Crippen molar-refractivity contribution in [3.05, 3.63) is 64.5 Å². The van der Waals surface area contributed by atoms with Crippen molar-refractivity contribution in [1.29, 1.82) is 5.26 Å². The molecule has 1 fully saturated rings. The zero-order valence-electron chi connectivity index (χ0n) is 18.8. The number of rotatable bonds is 6. The van der Waals surface area contributed by atoms with Gasteiger partial charge in [0, 0.05) is 31.3 Å². The molecule has 0 radical (unpaired) electrons. The molecule has 1 aromatic heterocycles. The van der Waals surface area contributed by atoms with E-state index >= 15 is 0 Å². The molecule has 1 saturated carbocycles. The smallest absolute Gasteiger partial charge is 0.293 e. The monoisotopic (exact) mass is 454 g/mol. The van der Waals surface area contributed by atoms with Gasteiger partial charge in [0.1, 0.15) is 5.69 Å². The van der Waals surface area contributed by atoms with Crippen LogP contribution in [0.3, 0.4) is 0 Å². The van der Waals surface area contributed by atoms with Crippen LogP contribution in [0.15, 0.2) is 30.9 Å². The molecule has 0 unspecified atom stereocenters. The summed E-state index contributed by atoms with van der Waals surface area (Å²) in [4.78, 5) is 38.5. The first kappa shape index (κ1) is 23.9. The first-order chi connectivity index (χ1) is 15.3. The van der Waals surface area contributed by atoms with Gasteiger partial charge in [-0.2, -0.15) is 5.26 Å². The number of aromatic nitrogens is 1. The highest BCUT2D eigenvalue weighted by Gasteiger charge is 2.56. The number of nitrogens with one attached hydrogen (secondary N) is 2. The molecule has 0 aliphatic heterocycles. The highest BCUT2D eigenvalue weighted by molar-refractivity contribution is 6.44. The highest BCUT2D eigenvalue weighted by Crippen LogP contribution is 2.46. The van der Waals surface area contributed by atoms with E-state index in [0.29, 0.717) is 16.9 Å². The highest BCUT2D eigenvalue weighted by atomic mass is 19.3. The summed E-state index contributed by atoms with van der Waals surface area (Å²) in [6, 6.07) is 6.95. The average Bonchev–Trinajstić information content (AvgIpc) is 2.95. The minimum absolute atomic E-state index is 0.0343. The van der Waals surface area contributed by atoms with Crippen LogP contribution in [0.25, 0.3) is 0 Å². The van der Waals surface area contributed by atoms with Gasteiger partial charge in [0.05, 0.1) is 22.7 Å². The second kappa shape index (κ2) is 8.28. The molecule has 9 heteroatoms. The third kappa shape index (κ3) is 4.29. The van der Waals surface area contributed by atoms with E-state index in [1.54, 1.807) is 46.0 Å². The molecule has 2 amide bonds. The van der Waals surface area contributed by atoms with Crippen molar-refractivity contribution >= 4 is 23.3 Å². The van der Waals surface area contributed by atoms with Crippen LogP contribution >= 0.6 is 0 Å². The van der Waals surface area contributed by atoms with Gasteiger partial charge in [-0.15, -0.1) is 6.58 Å². The Morgan fingerprint density at radius 2 is 1.85 bits per heavy atom. The van der Waals surface area contributed by atoms with E-state index in [-0.39, 0.29) is 16.8 Å². The molecule has 2 N–H and O–H groups in total. The number of aryl methyl sites for hydroxylation is 1. The Morgan fingerprint density at radius 3 is 2.39 bits per heavy atom. The molecule has 33 heavy (non-hydrogen) atoms. The molecule has 0 spiro atoms. The third-order valence-corrected chi connectivity index (χ3v) is 6.10. The number of hydrogen-bond acceptors (Lipinski definition) is 4. The summed E-state index contributed by atoms with van der Waals surface area (Å²) in [6.45, 7) is 8.41. The topological polar surface area (TPSA) is 104 Å². The Labute approximate surface area is 190 Å². The van der Waals surface area contributed by atoms with Gasteiger partial charge < -0.3 is 15.2 Å². The largest absolute Gasteiger partial charge is 0.343 e. The first-order valence-electron chi connectivity index (χ1n) is 10.2. The van der Waals surface area contributed by atoms with Gasteiger partial charge >= 0.3 is 0 Å². The van der Waals surface area contributed by atoms with Gasteiger partial charge in [-0.25, -0.2) is 8.78 Å². The molecule has 1 heterocycles. The maximum absolute atomic E-state index is 13.4. The van der Waals surface area contributed by atoms with Crippen LogP contribution in [-0.4, -0.2) is 33.6 Å². The Bertz CT molecular complexity index is 1230. The molecule has 0 bridgehead atoms. The predicted octanol–water partition coefficient (Wildman–Crippen LogP) is 3.73. The van der Waals surface area contributed by atoms with E-state index in [4.69, 9.17) is 0 Å². The van der Waals surface area contributed by atoms with Crippen molar-refractivity contribution in [3.63, 3.8) is 0 Å². The minimum atomic E-state index is -2.92. The minimum Gasteiger partial charge on any atom is -0.343 e. The Hall–Kier alpha value is -3.80. The molecule has 0 atom stereocenters. The molecule has 3 rings (SSSR count). The van der Waals surface area contributed by atoms with Crippen LogP contribution in [0.2, 0.25) is 0 Å². The third-order valence-electron chi connectivity index (χ3n) is 6.10. The molecule has 2 aromatic rings. The standard InChI is InChI=1S/C24H24F2N4O3/c1-6-23(11-24(25,26)12-23)29-22(33)20(31)18-14(3)19(30(5)15(18)4)21(32)28-17-8-7-13(2)16(9-17)10-27/h6-9H,1,11-12H2,2-5H3,(H,28,32)(H,29,33). The molecule has 7 nitrogen and oxygen atoms in total. The summed E-state index contributed by atoms with van der Waals surface area (Å²) in [7, 11) is 1.58. The van der Waals surface area contributed by atoms with E-state index in [2.05, 4.69) is 23.3 Å². The van der Waals surface area contributed by atoms with Crippen molar-refractivity contribution in [2.24, 2.45) is 7.05 Å². The number of carbonyl (C=O) groups is 3. The lowest BCUT2D eigenvalue weighted by atomic mass is 9.73. The number of Topliss-reactive ketones (excluding diaryl/α,β-unsaturated/α-hetero) is 1. The number of hydrogen-bond donors (Lipinski definition) is 2. The number of carbonyl (C=O) groups excluding carboxylic acids is 3. The summed E-state index contributed by atoms with van der Waals surface area (Å²) in [5.74, 6) is -5.40. The van der Waals surface area contributed by atoms with Crippen molar-refractivity contribution in [1.82, 2.24) is 9.88 Å². The number of alkyl halides is 2. The van der Waals surface area contributed by atoms with Crippen molar-refractivity contribution < 1.29 is 23.2 Å². The maximum Gasteiger partial charge on any atom is 0.293 e. The number of halogens is 2. The van der Waals surface area contributed by atoms with Crippen molar-refractivity contribution in [2.45, 2.75) is 45.1 Å². The number of amides is 2. The number of anilines is 1. The number of benzene rings is 1. The molecule has 1 aromatic carbocycles. The van der Waals surface area contributed by atoms with Gasteiger partial charge in [-0.3, -0.25) is 14.4 Å². The second-order valence-electron chi connectivity index (χ2n) is 8.44. The van der Waals surface area contributed by atoms with Crippen LogP contribution in [0, 0.1) is 32.1 Å². The molecular weight excluding hydrogens is 430 g/mol. The summed E-state index contributed by atoms with van der Waals surface area (Å²) in [5, 5.41) is 14.3. The first-order valence-corrected chi connectivity index (χ1v) is 10.2. The average molecular weight is 454 g/mol. The van der Waals surface area contributed by atoms with Gasteiger partial charge in [0.25, 0.3) is 23.5 Å². The van der Waals surface area contributed by atoms with Crippen LogP contribution in [0.5, 0.6) is 0 Å². The Kier molecular flexibility index (Phi) is 5.98. The summed E-state index contributed by atoms with van der Waals surface area (Å²) >= 11 is 0. The van der Waals surface area contributed by atoms with Crippen molar-refractivity contribution in [3.8, 4) is 6.07 Å². The van der Waals surface area contributed by atoms with Gasteiger partial charge in [-0.05, 0) is 44.0 Å². The zero-order chi connectivity index (χ0) is 24.7. The normalized spacial score (nSPS) is 15.7. The summed E-state index contributed by atoms with van der Waals surface area (Å²) < 4.78 is 28.2. The van der Waals surface area contributed by atoms with E-state index in [1.807, 2.05) is 0 Å². The van der Waals surface area contributed by atoms with E-state index in [0.717, 1.165) is 5.56 Å². The van der Waals surface area contributed by atoms with E-state index in [9.17, 15) is 28.4 Å². The second-order valence-corrected chi connectivity index (χ2v) is 8.44. The number of nitriles is 1. The predicted molar refractivity (Wildman–Crippen MR) is 118 cm³/mol. The van der Waals surface area contributed by atoms with Crippen LogP contribution in [0.4, 0.5) is 14.5 Å². The maximum atomic E-state index is 13.4. The summed E-state index contributed by atoms with van der Waals surface area (Å²) in [6.07, 6.45) is -0.0232. The van der Waals surface area contributed by atoms with E-state index in [1.165, 1.54) is 10.6 Å². The molecule has 1 aliphatic rings. The lowest BCUT2D eigenvalue weighted by Crippen LogP contribution is -2.62. The Morgan fingerprint density at radius 1 is 1.21 bits per heavy atom. The van der Waals surface area contributed by atoms with Crippen LogP contribution < -0.4 is 10.6 Å². The molecule has 172 valence electrons. The fourth-order valence-corrected chi connectivity index (χ4v) is 4.20. The fraction of sp³-hybridized carbons (Fsp3) is 0.333. The van der Waals surface area contributed by atoms with Gasteiger partial charge in [0.15, 0.2) is 0 Å². The SMILES string of the molecule is C=CC1(NC(=O)C(=O)c2c(C)c(C(=O)Nc3ccc(C)c(C#N)c3)n(C)c2C)CC(F)(F)C1.